The molecule has 148 valence electrons. The molecule has 1 fully saturated rings. The van der Waals surface area contributed by atoms with E-state index in [1.54, 1.807) is 38.0 Å². The van der Waals surface area contributed by atoms with Crippen LogP contribution in [0.3, 0.4) is 0 Å². The molecule has 4 rings (SSSR count). The van der Waals surface area contributed by atoms with Crippen molar-refractivity contribution >= 4 is 17.5 Å². The Hall–Kier alpha value is -3.48. The number of benzene rings is 1. The number of rotatable bonds is 5. The van der Waals surface area contributed by atoms with E-state index in [2.05, 4.69) is 25.2 Å². The molecular formula is C22H23N5O2. The van der Waals surface area contributed by atoms with Crippen molar-refractivity contribution in [2.24, 2.45) is 0 Å². The van der Waals surface area contributed by atoms with Crippen LogP contribution in [-0.4, -0.2) is 41.1 Å². The lowest BCUT2D eigenvalue weighted by atomic mass is 9.72. The second kappa shape index (κ2) is 8.26. The molecule has 0 atom stereocenters. The van der Waals surface area contributed by atoms with E-state index in [1.165, 1.54) is 0 Å². The summed E-state index contributed by atoms with van der Waals surface area (Å²) in [6.45, 7) is 1.36. The Bertz CT molecular complexity index is 957. The lowest BCUT2D eigenvalue weighted by Crippen LogP contribution is -2.50. The summed E-state index contributed by atoms with van der Waals surface area (Å²) in [7, 11) is 1.64. The molecule has 1 saturated heterocycles. The molecule has 7 nitrogen and oxygen atoms in total. The van der Waals surface area contributed by atoms with Gasteiger partial charge in [0, 0.05) is 31.7 Å². The Kier molecular flexibility index (Phi) is 5.37. The second-order valence-corrected chi connectivity index (χ2v) is 7.05. The molecule has 0 unspecified atom stereocenters. The predicted octanol–water partition coefficient (Wildman–Crippen LogP) is 3.06. The minimum absolute atomic E-state index is 0.0348. The third-order valence-corrected chi connectivity index (χ3v) is 5.43. The number of pyridine rings is 1. The Balaban J connectivity index is 1.64. The van der Waals surface area contributed by atoms with Crippen molar-refractivity contribution < 1.29 is 9.53 Å². The van der Waals surface area contributed by atoms with Crippen LogP contribution in [0.15, 0.2) is 67.3 Å². The van der Waals surface area contributed by atoms with Crippen molar-refractivity contribution in [3.8, 4) is 5.75 Å². The van der Waals surface area contributed by atoms with Crippen molar-refractivity contribution in [1.29, 1.82) is 0 Å². The van der Waals surface area contributed by atoms with Crippen molar-refractivity contribution in [3.05, 3.63) is 72.8 Å². The van der Waals surface area contributed by atoms with E-state index in [1.807, 2.05) is 36.4 Å². The number of carbonyl (C=O) groups is 1. The van der Waals surface area contributed by atoms with Crippen LogP contribution in [0.2, 0.25) is 0 Å². The van der Waals surface area contributed by atoms with E-state index >= 15 is 0 Å². The molecule has 0 radical (unpaired) electrons. The van der Waals surface area contributed by atoms with Gasteiger partial charge in [0.1, 0.15) is 5.75 Å². The van der Waals surface area contributed by atoms with Crippen molar-refractivity contribution in [1.82, 2.24) is 15.0 Å². The molecule has 0 aliphatic carbocycles. The molecule has 0 saturated carbocycles. The summed E-state index contributed by atoms with van der Waals surface area (Å²) in [6.07, 6.45) is 8.10. The number of anilines is 2. The summed E-state index contributed by atoms with van der Waals surface area (Å²) in [5.74, 6) is 1.40. The summed E-state index contributed by atoms with van der Waals surface area (Å²) in [4.78, 5) is 28.4. The Morgan fingerprint density at radius 1 is 1.07 bits per heavy atom. The van der Waals surface area contributed by atoms with E-state index in [4.69, 9.17) is 4.74 Å². The summed E-state index contributed by atoms with van der Waals surface area (Å²) in [5.41, 5.74) is 0.968. The van der Waals surface area contributed by atoms with Gasteiger partial charge in [-0.15, -0.1) is 0 Å². The standard InChI is InChI=1S/C22H23N5O2/c1-29-19-7-2-5-17(15-19)22(20(28)26-18-6-3-10-23-16-18)8-13-27(14-9-22)21-24-11-4-12-25-21/h2-7,10-12,15-16H,8-9,13-14H2,1H3,(H,26,28). The molecular weight excluding hydrogens is 366 g/mol. The number of nitrogens with zero attached hydrogens (tertiary/aromatic N) is 4. The maximum Gasteiger partial charge on any atom is 0.235 e. The van der Waals surface area contributed by atoms with Crippen LogP contribution in [-0.2, 0) is 10.2 Å². The van der Waals surface area contributed by atoms with Gasteiger partial charge in [0.25, 0.3) is 0 Å². The van der Waals surface area contributed by atoms with Gasteiger partial charge in [-0.25, -0.2) is 9.97 Å². The molecule has 7 heteroatoms. The highest BCUT2D eigenvalue weighted by Gasteiger charge is 2.43. The molecule has 3 heterocycles. The monoisotopic (exact) mass is 389 g/mol. The number of methoxy groups -OCH3 is 1. The normalized spacial score (nSPS) is 15.6. The molecule has 1 N–H and O–H groups in total. The lowest BCUT2D eigenvalue weighted by Gasteiger charge is -2.41. The van der Waals surface area contributed by atoms with Gasteiger partial charge < -0.3 is 15.0 Å². The van der Waals surface area contributed by atoms with Crippen LogP contribution in [0, 0.1) is 0 Å². The van der Waals surface area contributed by atoms with E-state index < -0.39 is 5.41 Å². The number of piperidine rings is 1. The maximum atomic E-state index is 13.5. The number of amides is 1. The zero-order chi connectivity index (χ0) is 20.1. The van der Waals surface area contributed by atoms with Crippen LogP contribution in [0.5, 0.6) is 5.75 Å². The molecule has 29 heavy (non-hydrogen) atoms. The van der Waals surface area contributed by atoms with Gasteiger partial charge in [-0.1, -0.05) is 12.1 Å². The molecule has 0 bridgehead atoms. The number of nitrogens with one attached hydrogen (secondary N) is 1. The average molecular weight is 389 g/mol. The topological polar surface area (TPSA) is 80.2 Å². The highest BCUT2D eigenvalue weighted by Crippen LogP contribution is 2.38. The summed E-state index contributed by atoms with van der Waals surface area (Å²) in [5, 5.41) is 3.05. The number of carbonyl (C=O) groups excluding carboxylic acids is 1. The Morgan fingerprint density at radius 2 is 1.86 bits per heavy atom. The largest absolute Gasteiger partial charge is 0.497 e. The Morgan fingerprint density at radius 3 is 2.55 bits per heavy atom. The first-order valence-electron chi connectivity index (χ1n) is 9.59. The van der Waals surface area contributed by atoms with E-state index in [0.717, 1.165) is 11.3 Å². The number of hydrogen-bond donors (Lipinski definition) is 1. The molecule has 1 amide bonds. The zero-order valence-corrected chi connectivity index (χ0v) is 16.3. The van der Waals surface area contributed by atoms with E-state index in [0.29, 0.717) is 37.6 Å². The quantitative estimate of drug-likeness (QED) is 0.722. The zero-order valence-electron chi connectivity index (χ0n) is 16.3. The van der Waals surface area contributed by atoms with Gasteiger partial charge in [0.05, 0.1) is 24.4 Å². The molecule has 1 aliphatic rings. The molecule has 1 aromatic carbocycles. The number of ether oxygens (including phenoxy) is 1. The maximum absolute atomic E-state index is 13.5. The highest BCUT2D eigenvalue weighted by atomic mass is 16.5. The second-order valence-electron chi connectivity index (χ2n) is 7.05. The van der Waals surface area contributed by atoms with Crippen molar-refractivity contribution in [2.45, 2.75) is 18.3 Å². The molecule has 1 aliphatic heterocycles. The average Bonchev–Trinajstić information content (AvgIpc) is 2.80. The highest BCUT2D eigenvalue weighted by molar-refractivity contribution is 5.99. The summed E-state index contributed by atoms with van der Waals surface area (Å²) < 4.78 is 5.41. The van der Waals surface area contributed by atoms with Gasteiger partial charge >= 0.3 is 0 Å². The van der Waals surface area contributed by atoms with Gasteiger partial charge in [0.15, 0.2) is 0 Å². The molecule has 3 aromatic rings. The van der Waals surface area contributed by atoms with Crippen molar-refractivity contribution in [2.75, 3.05) is 30.4 Å². The van der Waals surface area contributed by atoms with E-state index in [-0.39, 0.29) is 5.91 Å². The first-order valence-corrected chi connectivity index (χ1v) is 9.59. The fraction of sp³-hybridized carbons (Fsp3) is 0.273. The van der Waals surface area contributed by atoms with Crippen LogP contribution in [0.1, 0.15) is 18.4 Å². The lowest BCUT2D eigenvalue weighted by molar-refractivity contribution is -0.122. The van der Waals surface area contributed by atoms with Crippen molar-refractivity contribution in [3.63, 3.8) is 0 Å². The number of hydrogen-bond acceptors (Lipinski definition) is 6. The van der Waals surface area contributed by atoms with Crippen LogP contribution < -0.4 is 15.0 Å². The smallest absolute Gasteiger partial charge is 0.235 e. The first kappa shape index (κ1) is 18.9. The summed E-state index contributed by atoms with van der Waals surface area (Å²) >= 11 is 0. The fourth-order valence-electron chi connectivity index (χ4n) is 3.80. The minimum atomic E-state index is -0.671. The van der Waals surface area contributed by atoms with Crippen LogP contribution in [0.4, 0.5) is 11.6 Å². The minimum Gasteiger partial charge on any atom is -0.497 e. The third-order valence-electron chi connectivity index (χ3n) is 5.43. The predicted molar refractivity (Wildman–Crippen MR) is 111 cm³/mol. The van der Waals surface area contributed by atoms with Gasteiger partial charge in [-0.3, -0.25) is 9.78 Å². The van der Waals surface area contributed by atoms with E-state index in [9.17, 15) is 4.79 Å². The first-order chi connectivity index (χ1) is 14.2. The Labute approximate surface area is 169 Å². The fourth-order valence-corrected chi connectivity index (χ4v) is 3.80. The van der Waals surface area contributed by atoms with Gasteiger partial charge in [-0.05, 0) is 48.7 Å². The molecule has 2 aromatic heterocycles. The summed E-state index contributed by atoms with van der Waals surface area (Å²) in [6, 6.07) is 13.2. The molecule has 0 spiro atoms. The third kappa shape index (κ3) is 3.89. The van der Waals surface area contributed by atoms with Crippen LogP contribution in [0.25, 0.3) is 0 Å². The van der Waals surface area contributed by atoms with Crippen LogP contribution >= 0.6 is 0 Å². The van der Waals surface area contributed by atoms with Gasteiger partial charge in [-0.2, -0.15) is 0 Å². The number of aromatic nitrogens is 3. The van der Waals surface area contributed by atoms with Gasteiger partial charge in [0.2, 0.25) is 11.9 Å². The SMILES string of the molecule is COc1cccc(C2(C(=O)Nc3cccnc3)CCN(c3ncccn3)CC2)c1.